The highest BCUT2D eigenvalue weighted by Gasteiger charge is 2.17. The van der Waals surface area contributed by atoms with Crippen molar-refractivity contribution in [1.82, 2.24) is 4.98 Å². The van der Waals surface area contributed by atoms with Crippen molar-refractivity contribution in [2.45, 2.75) is 18.1 Å². The number of hydrogen-bond donors (Lipinski definition) is 0. The van der Waals surface area contributed by atoms with Crippen LogP contribution >= 0.6 is 11.3 Å². The summed E-state index contributed by atoms with van der Waals surface area (Å²) in [5.41, 5.74) is -0.159. The maximum atomic E-state index is 11.0. The Hall–Kier alpha value is -0.920. The average Bonchev–Trinajstić information content (AvgIpc) is 2.47. The number of aromatic nitrogens is 1. The molecule has 1 unspecified atom stereocenters. The molecule has 1 rings (SSSR count). The second-order valence-electron chi connectivity index (χ2n) is 2.50. The molecule has 0 aliphatic heterocycles. The van der Waals surface area contributed by atoms with Crippen molar-refractivity contribution in [1.29, 1.82) is 0 Å². The van der Waals surface area contributed by atoms with Crippen LogP contribution in [0.1, 0.15) is 34.1 Å². The predicted molar refractivity (Wildman–Crippen MR) is 49.3 cm³/mol. The molecule has 1 aromatic heterocycles. The monoisotopic (exact) mass is 232 g/mol. The third-order valence-corrected chi connectivity index (χ3v) is 3.49. The van der Waals surface area contributed by atoms with Gasteiger partial charge in [0, 0.05) is 13.8 Å². The van der Waals surface area contributed by atoms with Crippen LogP contribution in [0.4, 0.5) is 0 Å². The molecule has 0 saturated carbocycles. The fraction of sp³-hybridized carbons (Fsp3) is 0.286. The molecule has 5 nitrogen and oxygen atoms in total. The molecule has 1 aromatic rings. The van der Waals surface area contributed by atoms with Crippen LogP contribution in [0.2, 0.25) is 0 Å². The summed E-state index contributed by atoms with van der Waals surface area (Å²) in [6.45, 7) is 2.47. The first-order chi connectivity index (χ1) is 6.43. The largest absolute Gasteiger partial charge is 0.768 e. The molecule has 0 spiro atoms. The van der Waals surface area contributed by atoms with Crippen molar-refractivity contribution in [2.24, 2.45) is 0 Å². The Morgan fingerprint density at radius 1 is 1.36 bits per heavy atom. The van der Waals surface area contributed by atoms with Gasteiger partial charge in [0.15, 0.2) is 16.6 Å². The van der Waals surface area contributed by atoms with Crippen molar-refractivity contribution in [3.05, 3.63) is 10.7 Å². The number of nitrogens with zero attached hydrogens (tertiary/aromatic N) is 1. The highest BCUT2D eigenvalue weighted by Crippen LogP contribution is 2.22. The third-order valence-electron chi connectivity index (χ3n) is 1.38. The van der Waals surface area contributed by atoms with Crippen molar-refractivity contribution >= 4 is 34.0 Å². The number of hydrogen-bond acceptors (Lipinski definition) is 6. The van der Waals surface area contributed by atoms with Crippen LogP contribution in [0.25, 0.3) is 0 Å². The number of carbonyl (C=O) groups excluding carboxylic acids is 2. The molecule has 0 N–H and O–H groups in total. The summed E-state index contributed by atoms with van der Waals surface area (Å²) in [6.07, 6.45) is 0. The van der Waals surface area contributed by atoms with Gasteiger partial charge in [-0.15, -0.1) is 11.3 Å². The molecule has 0 aliphatic carbocycles. The minimum absolute atomic E-state index is 0.0365. The van der Waals surface area contributed by atoms with Crippen LogP contribution in [-0.4, -0.2) is 25.3 Å². The summed E-state index contributed by atoms with van der Waals surface area (Å²) in [5.74, 6) is -0.817. The normalized spacial score (nSPS) is 12.5. The lowest BCUT2D eigenvalue weighted by atomic mass is 10.3. The molecule has 1 heterocycles. The molecule has 0 aliphatic rings. The minimum atomic E-state index is -2.52. The van der Waals surface area contributed by atoms with Crippen molar-refractivity contribution in [3.8, 4) is 0 Å². The molecule has 76 valence electrons. The molecule has 0 bridgehead atoms. The van der Waals surface area contributed by atoms with Crippen molar-refractivity contribution < 1.29 is 18.4 Å². The molecule has 0 radical (unpaired) electrons. The van der Waals surface area contributed by atoms with Gasteiger partial charge in [0.1, 0.15) is 9.90 Å². The first-order valence-corrected chi connectivity index (χ1v) is 5.44. The summed E-state index contributed by atoms with van der Waals surface area (Å²) in [4.78, 5) is 25.5. The summed E-state index contributed by atoms with van der Waals surface area (Å²) in [7, 11) is 0. The molecule has 14 heavy (non-hydrogen) atoms. The Balaban J connectivity index is 3.33. The highest BCUT2D eigenvalue weighted by molar-refractivity contribution is 7.81. The molecule has 0 saturated heterocycles. The van der Waals surface area contributed by atoms with Crippen LogP contribution in [0.3, 0.4) is 0 Å². The van der Waals surface area contributed by atoms with E-state index in [1.807, 2.05) is 0 Å². The molecular formula is C7H6NO4S2-. The van der Waals surface area contributed by atoms with Gasteiger partial charge in [0.25, 0.3) is 0 Å². The van der Waals surface area contributed by atoms with Gasteiger partial charge in [-0.05, 0) is 11.1 Å². The van der Waals surface area contributed by atoms with Gasteiger partial charge in [0.05, 0.1) is 0 Å². The maximum Gasteiger partial charge on any atom is 0.188 e. The molecule has 7 heteroatoms. The second kappa shape index (κ2) is 4.07. The molecule has 1 atom stereocenters. The Morgan fingerprint density at radius 3 is 2.21 bits per heavy atom. The Morgan fingerprint density at radius 2 is 1.93 bits per heavy atom. The predicted octanol–water partition coefficient (Wildman–Crippen LogP) is 0.786. The Kier molecular flexibility index (Phi) is 3.25. The lowest BCUT2D eigenvalue weighted by Gasteiger charge is -2.00. The quantitative estimate of drug-likeness (QED) is 0.567. The van der Waals surface area contributed by atoms with Crippen LogP contribution in [0, 0.1) is 0 Å². The zero-order chi connectivity index (χ0) is 10.9. The number of rotatable bonds is 3. The van der Waals surface area contributed by atoms with Crippen LogP contribution in [0.5, 0.6) is 0 Å². The van der Waals surface area contributed by atoms with Gasteiger partial charge in [-0.1, -0.05) is 0 Å². The topological polar surface area (TPSA) is 87.2 Å². The van der Waals surface area contributed by atoms with E-state index in [1.165, 1.54) is 13.8 Å². The fourth-order valence-corrected chi connectivity index (χ4v) is 2.39. The highest BCUT2D eigenvalue weighted by atomic mass is 32.2. The molecular weight excluding hydrogens is 226 g/mol. The van der Waals surface area contributed by atoms with E-state index in [2.05, 4.69) is 4.98 Å². The maximum absolute atomic E-state index is 11.0. The zero-order valence-corrected chi connectivity index (χ0v) is 9.03. The van der Waals surface area contributed by atoms with Crippen molar-refractivity contribution in [2.75, 3.05) is 0 Å². The Bertz CT molecular complexity index is 392. The lowest BCUT2D eigenvalue weighted by molar-refractivity contribution is 0.101. The molecule has 0 amide bonds. The van der Waals surface area contributed by atoms with E-state index in [1.54, 1.807) is 0 Å². The lowest BCUT2D eigenvalue weighted by Crippen LogP contribution is -1.99. The van der Waals surface area contributed by atoms with Gasteiger partial charge in [-0.2, -0.15) is 0 Å². The van der Waals surface area contributed by atoms with E-state index < -0.39 is 16.9 Å². The molecule has 0 fully saturated rings. The van der Waals surface area contributed by atoms with E-state index in [9.17, 15) is 18.4 Å². The van der Waals surface area contributed by atoms with Crippen LogP contribution in [0.15, 0.2) is 4.21 Å². The van der Waals surface area contributed by atoms with E-state index >= 15 is 0 Å². The van der Waals surface area contributed by atoms with E-state index in [0.717, 1.165) is 0 Å². The van der Waals surface area contributed by atoms with Gasteiger partial charge in [-0.3, -0.25) is 13.8 Å². The fourth-order valence-electron chi connectivity index (χ4n) is 0.792. The van der Waals surface area contributed by atoms with Gasteiger partial charge >= 0.3 is 0 Å². The van der Waals surface area contributed by atoms with Gasteiger partial charge in [0.2, 0.25) is 0 Å². The number of ketones is 2. The number of carbonyl (C=O) groups is 2. The first kappa shape index (κ1) is 11.2. The number of thiazole rings is 1. The van der Waals surface area contributed by atoms with E-state index in [4.69, 9.17) is 0 Å². The summed E-state index contributed by atoms with van der Waals surface area (Å²) >= 11 is -1.81. The van der Waals surface area contributed by atoms with Gasteiger partial charge < -0.3 is 4.55 Å². The smallest absolute Gasteiger partial charge is 0.188 e. The minimum Gasteiger partial charge on any atom is -0.768 e. The number of Topliss-reactive ketones (excluding diaryl/α,β-unsaturated/α-hetero) is 2. The third kappa shape index (κ3) is 2.11. The first-order valence-electron chi connectivity index (χ1n) is 3.55. The van der Waals surface area contributed by atoms with Crippen molar-refractivity contribution in [3.63, 3.8) is 0 Å². The average molecular weight is 232 g/mol. The molecule has 0 aromatic carbocycles. The second-order valence-corrected chi connectivity index (χ2v) is 4.64. The van der Waals surface area contributed by atoms with E-state index in [0.29, 0.717) is 11.3 Å². The van der Waals surface area contributed by atoms with Crippen LogP contribution < -0.4 is 0 Å². The van der Waals surface area contributed by atoms with Gasteiger partial charge in [-0.25, -0.2) is 4.98 Å². The van der Waals surface area contributed by atoms with Crippen LogP contribution in [-0.2, 0) is 11.1 Å². The standard InChI is InChI=1S/C7H7NO4S2/c1-3(9)5-7(14(11)12)13-6(8-5)4(2)10/h1-2H3,(H,11,12)/p-1. The SMILES string of the molecule is CC(=O)c1nc(C(C)=O)c(S(=O)[O-])s1. The Labute approximate surface area is 86.5 Å². The summed E-state index contributed by atoms with van der Waals surface area (Å²) in [6, 6.07) is 0. The van der Waals surface area contributed by atoms with E-state index in [-0.39, 0.29) is 20.7 Å². The summed E-state index contributed by atoms with van der Waals surface area (Å²) in [5, 5.41) is 0.0365. The zero-order valence-electron chi connectivity index (χ0n) is 7.40. The summed E-state index contributed by atoms with van der Waals surface area (Å²) < 4.78 is 21.2.